The molecule has 2 amide bonds. The van der Waals surface area contributed by atoms with E-state index in [9.17, 15) is 9.59 Å². The maximum absolute atomic E-state index is 12.1. The van der Waals surface area contributed by atoms with E-state index in [0.29, 0.717) is 23.2 Å². The fraction of sp³-hybridized carbons (Fsp3) is 0.167. The van der Waals surface area contributed by atoms with Crippen LogP contribution in [0, 0.1) is 11.3 Å². The molecule has 1 N–H and O–H groups in total. The lowest BCUT2D eigenvalue weighted by Crippen LogP contribution is -2.23. The van der Waals surface area contributed by atoms with Crippen molar-refractivity contribution in [2.45, 2.75) is 12.8 Å². The van der Waals surface area contributed by atoms with Crippen LogP contribution in [-0.2, 0) is 4.79 Å². The second kappa shape index (κ2) is 6.32. The molecule has 1 heterocycles. The van der Waals surface area contributed by atoms with Gasteiger partial charge < -0.3 is 10.2 Å². The summed E-state index contributed by atoms with van der Waals surface area (Å²) in [7, 11) is 0. The molecule has 114 valence electrons. The van der Waals surface area contributed by atoms with Gasteiger partial charge in [-0.3, -0.25) is 9.59 Å². The molecule has 2 aromatic rings. The molecule has 0 atom stereocenters. The van der Waals surface area contributed by atoms with Gasteiger partial charge in [0, 0.05) is 29.9 Å². The molecule has 1 saturated heterocycles. The number of amides is 2. The highest BCUT2D eigenvalue weighted by Gasteiger charge is 2.21. The van der Waals surface area contributed by atoms with E-state index in [2.05, 4.69) is 5.32 Å². The van der Waals surface area contributed by atoms with Gasteiger partial charge in [0.2, 0.25) is 5.91 Å². The Kier molecular flexibility index (Phi) is 4.07. The van der Waals surface area contributed by atoms with E-state index in [4.69, 9.17) is 5.26 Å². The van der Waals surface area contributed by atoms with Crippen molar-refractivity contribution in [3.8, 4) is 6.07 Å². The molecular formula is C18H15N3O2. The summed E-state index contributed by atoms with van der Waals surface area (Å²) in [6.45, 7) is 0.746. The molecule has 1 aliphatic rings. The molecule has 0 aromatic heterocycles. The van der Waals surface area contributed by atoms with Crippen LogP contribution in [0.25, 0.3) is 0 Å². The van der Waals surface area contributed by atoms with Crippen molar-refractivity contribution in [1.29, 1.82) is 5.26 Å². The van der Waals surface area contributed by atoms with Crippen molar-refractivity contribution in [2.75, 3.05) is 16.8 Å². The van der Waals surface area contributed by atoms with Crippen molar-refractivity contribution in [2.24, 2.45) is 0 Å². The zero-order valence-corrected chi connectivity index (χ0v) is 12.5. The van der Waals surface area contributed by atoms with Crippen molar-refractivity contribution in [3.63, 3.8) is 0 Å². The lowest BCUT2D eigenvalue weighted by Gasteiger charge is -2.16. The number of carbonyl (C=O) groups is 2. The van der Waals surface area contributed by atoms with E-state index in [1.165, 1.54) is 0 Å². The highest BCUT2D eigenvalue weighted by molar-refractivity contribution is 6.04. The Morgan fingerprint density at radius 3 is 2.35 bits per heavy atom. The summed E-state index contributed by atoms with van der Waals surface area (Å²) in [5, 5.41) is 11.6. The van der Waals surface area contributed by atoms with Crippen LogP contribution >= 0.6 is 0 Å². The summed E-state index contributed by atoms with van der Waals surface area (Å²) >= 11 is 0. The molecule has 0 saturated carbocycles. The highest BCUT2D eigenvalue weighted by atomic mass is 16.2. The van der Waals surface area contributed by atoms with Gasteiger partial charge in [0.25, 0.3) is 5.91 Å². The fourth-order valence-corrected chi connectivity index (χ4v) is 2.55. The summed E-state index contributed by atoms with van der Waals surface area (Å²) < 4.78 is 0. The van der Waals surface area contributed by atoms with Gasteiger partial charge in [-0.1, -0.05) is 0 Å². The summed E-state index contributed by atoms with van der Waals surface area (Å²) in [6, 6.07) is 15.7. The first kappa shape index (κ1) is 14.8. The first-order valence-electron chi connectivity index (χ1n) is 7.39. The number of nitrogens with one attached hydrogen (secondary N) is 1. The first-order valence-corrected chi connectivity index (χ1v) is 7.39. The molecule has 5 heteroatoms. The minimum atomic E-state index is -0.237. The number of hydrogen-bond donors (Lipinski definition) is 1. The smallest absolute Gasteiger partial charge is 0.255 e. The predicted molar refractivity (Wildman–Crippen MR) is 87.1 cm³/mol. The molecule has 0 aliphatic carbocycles. The Morgan fingerprint density at radius 1 is 1.09 bits per heavy atom. The molecule has 23 heavy (non-hydrogen) atoms. The molecule has 0 spiro atoms. The summed E-state index contributed by atoms with van der Waals surface area (Å²) in [5.74, 6) is -0.0983. The van der Waals surface area contributed by atoms with Crippen LogP contribution in [0.3, 0.4) is 0 Å². The Bertz CT molecular complexity index is 773. The van der Waals surface area contributed by atoms with Gasteiger partial charge in [0.1, 0.15) is 0 Å². The minimum absolute atomic E-state index is 0.138. The van der Waals surface area contributed by atoms with Crippen LogP contribution in [0.2, 0.25) is 0 Å². The molecule has 5 nitrogen and oxygen atoms in total. The Balaban J connectivity index is 1.69. The topological polar surface area (TPSA) is 73.2 Å². The van der Waals surface area contributed by atoms with Gasteiger partial charge in [0.15, 0.2) is 0 Å². The minimum Gasteiger partial charge on any atom is -0.322 e. The van der Waals surface area contributed by atoms with E-state index in [-0.39, 0.29) is 11.8 Å². The molecule has 2 aromatic carbocycles. The number of nitriles is 1. The van der Waals surface area contributed by atoms with Crippen LogP contribution in [-0.4, -0.2) is 18.4 Å². The zero-order valence-electron chi connectivity index (χ0n) is 12.5. The van der Waals surface area contributed by atoms with E-state index in [1.54, 1.807) is 41.3 Å². The number of carbonyl (C=O) groups excluding carboxylic acids is 2. The van der Waals surface area contributed by atoms with Crippen LogP contribution in [0.5, 0.6) is 0 Å². The molecule has 3 rings (SSSR count). The Morgan fingerprint density at radius 2 is 1.78 bits per heavy atom. The van der Waals surface area contributed by atoms with Gasteiger partial charge in [0.05, 0.1) is 11.6 Å². The third-order valence-corrected chi connectivity index (χ3v) is 3.79. The molecule has 0 bridgehead atoms. The van der Waals surface area contributed by atoms with Gasteiger partial charge in [-0.15, -0.1) is 0 Å². The fourth-order valence-electron chi connectivity index (χ4n) is 2.55. The van der Waals surface area contributed by atoms with Gasteiger partial charge >= 0.3 is 0 Å². The second-order valence-electron chi connectivity index (χ2n) is 5.34. The number of benzene rings is 2. The van der Waals surface area contributed by atoms with Crippen LogP contribution in [0.15, 0.2) is 48.5 Å². The van der Waals surface area contributed by atoms with Crippen molar-refractivity contribution < 1.29 is 9.59 Å². The molecule has 1 aliphatic heterocycles. The standard InChI is InChI=1S/C18H15N3O2/c19-12-13-3-5-14(6-4-13)18(23)20-15-7-9-16(10-8-15)21-11-1-2-17(21)22/h3-10H,1-2,11H2,(H,20,23). The first-order chi connectivity index (χ1) is 11.2. The van der Waals surface area contributed by atoms with Crippen LogP contribution < -0.4 is 10.2 Å². The predicted octanol–water partition coefficient (Wildman–Crippen LogP) is 2.94. The van der Waals surface area contributed by atoms with Crippen LogP contribution in [0.4, 0.5) is 11.4 Å². The number of hydrogen-bond acceptors (Lipinski definition) is 3. The maximum atomic E-state index is 12.1. The van der Waals surface area contributed by atoms with E-state index >= 15 is 0 Å². The second-order valence-corrected chi connectivity index (χ2v) is 5.34. The largest absolute Gasteiger partial charge is 0.322 e. The Hall–Kier alpha value is -3.13. The van der Waals surface area contributed by atoms with Crippen LogP contribution in [0.1, 0.15) is 28.8 Å². The highest BCUT2D eigenvalue weighted by Crippen LogP contribution is 2.23. The van der Waals surface area contributed by atoms with Crippen molar-refractivity contribution in [1.82, 2.24) is 0 Å². The molecule has 0 radical (unpaired) electrons. The lowest BCUT2D eigenvalue weighted by molar-refractivity contribution is -0.117. The third kappa shape index (κ3) is 3.22. The molecular weight excluding hydrogens is 290 g/mol. The van der Waals surface area contributed by atoms with Gasteiger partial charge in [-0.05, 0) is 55.0 Å². The number of anilines is 2. The van der Waals surface area contributed by atoms with Gasteiger partial charge in [-0.2, -0.15) is 5.26 Å². The SMILES string of the molecule is N#Cc1ccc(C(=O)Nc2ccc(N3CCCC3=O)cc2)cc1. The molecule has 0 unspecified atom stereocenters. The maximum Gasteiger partial charge on any atom is 0.255 e. The third-order valence-electron chi connectivity index (χ3n) is 3.79. The van der Waals surface area contributed by atoms with E-state index < -0.39 is 0 Å². The summed E-state index contributed by atoms with van der Waals surface area (Å²) in [6.07, 6.45) is 1.48. The normalized spacial score (nSPS) is 13.7. The Labute approximate surface area is 134 Å². The van der Waals surface area contributed by atoms with Crippen molar-refractivity contribution in [3.05, 3.63) is 59.7 Å². The average Bonchev–Trinajstić information content (AvgIpc) is 3.01. The molecule has 1 fully saturated rings. The van der Waals surface area contributed by atoms with Gasteiger partial charge in [-0.25, -0.2) is 0 Å². The summed E-state index contributed by atoms with van der Waals surface area (Å²) in [4.78, 5) is 25.6. The monoisotopic (exact) mass is 305 g/mol. The summed E-state index contributed by atoms with van der Waals surface area (Å²) in [5.41, 5.74) is 2.52. The van der Waals surface area contributed by atoms with Crippen molar-refractivity contribution >= 4 is 23.2 Å². The quantitative estimate of drug-likeness (QED) is 0.947. The number of nitrogens with zero attached hydrogens (tertiary/aromatic N) is 2. The number of rotatable bonds is 3. The lowest BCUT2D eigenvalue weighted by atomic mass is 10.1. The van der Waals surface area contributed by atoms with E-state index in [0.717, 1.165) is 18.7 Å². The van der Waals surface area contributed by atoms with E-state index in [1.807, 2.05) is 18.2 Å². The average molecular weight is 305 g/mol. The zero-order chi connectivity index (χ0) is 16.2.